The SMILES string of the molecule is N[C@H]1CO[C@H](OC[C@@H](O)[C@H]2O[C@@](O)(C(=O)O)C[C@@H](O[C@]3(C(=O)O)C[C@@H](O)[C@@H](O)[C@@H]([C@H](O)CO)O3)[C@H]2O[C@H]2O[C@H]([C@@H](O)CO)[C@@H](O[C@@H]3O[C@H](CO)[C@@H](O)[C@H](O)[C@H]3O)[C@H](O[C@H]3O[C@H]([C@@H](O)CO[C@H]4O[C@H]([C@@H](O)CO)[C@@H](O)[C@@H](O)[C@@H]4O)[C@@H](O)[C@H](O[C@H]4O[C@H](C(=O)O)[C@H](O)[C@H](O)[C@H]4O[C@H]4O[C@H]([C@H](O)CO)[C@@H](O)[C@H](O)[C@@H]4O[C@H]4O[C@H]([C@@H](O)CO)[C@@H](O)[C@H](O)[C@@H]4O)[C@@H]3O)[C@@H]2O)[C@H](O)[C@H]1O. The third kappa shape index (κ3) is 22.2. The first-order valence-electron chi connectivity index (χ1n) is 39.7. The van der Waals surface area contributed by atoms with Crippen LogP contribution in [-0.2, 0) is 104 Å². The Morgan fingerprint density at radius 1 is 0.336 bits per heavy atom. The summed E-state index contributed by atoms with van der Waals surface area (Å²) in [7, 11) is 0. The van der Waals surface area contributed by atoms with Gasteiger partial charge in [0.2, 0.25) is 0 Å². The molecule has 0 amide bonds. The van der Waals surface area contributed by atoms with Crippen LogP contribution < -0.4 is 5.73 Å². The molecular formula is C68H113NO59. The number of ether oxygens (including phenoxy) is 19. The highest BCUT2D eigenvalue weighted by atomic mass is 16.8. The number of nitrogens with two attached hydrogens (primary N) is 1. The van der Waals surface area contributed by atoms with Crippen molar-refractivity contribution >= 4 is 17.9 Å². The highest BCUT2D eigenvalue weighted by molar-refractivity contribution is 5.77. The minimum atomic E-state index is -3.85. The number of aliphatic hydroxyl groups is 34. The Hall–Kier alpha value is -3.75. The van der Waals surface area contributed by atoms with E-state index in [0.717, 1.165) is 0 Å². The number of rotatable bonds is 36. The lowest BCUT2D eigenvalue weighted by Gasteiger charge is -2.53. The van der Waals surface area contributed by atoms with Crippen LogP contribution in [0.2, 0.25) is 0 Å². The Kier molecular flexibility index (Phi) is 37.0. The smallest absolute Gasteiger partial charge is 0.364 e. The second kappa shape index (κ2) is 44.6. The van der Waals surface area contributed by atoms with Gasteiger partial charge in [0.1, 0.15) is 244 Å². The summed E-state index contributed by atoms with van der Waals surface area (Å²) >= 11 is 0. The summed E-state index contributed by atoms with van der Waals surface area (Å²) in [4.78, 5) is 40.0. The first-order chi connectivity index (χ1) is 60.1. The van der Waals surface area contributed by atoms with Gasteiger partial charge in [-0.3, -0.25) is 0 Å². The topological polar surface area (TPSA) is 1000 Å². The minimum Gasteiger partial charge on any atom is -0.479 e. The van der Waals surface area contributed by atoms with Gasteiger partial charge in [0.15, 0.2) is 56.4 Å². The molecule has 0 aliphatic carbocycles. The molecule has 10 aliphatic heterocycles. The number of aliphatic carboxylic acids is 3. The van der Waals surface area contributed by atoms with Crippen molar-refractivity contribution in [2.45, 2.75) is 343 Å². The fourth-order valence-electron chi connectivity index (χ4n) is 16.0. The van der Waals surface area contributed by atoms with Crippen LogP contribution in [0.25, 0.3) is 0 Å². The molecule has 39 N–H and O–H groups in total. The molecule has 0 saturated carbocycles. The lowest BCUT2D eigenvalue weighted by molar-refractivity contribution is -0.420. The van der Waals surface area contributed by atoms with E-state index in [1.807, 2.05) is 0 Å². The molecule has 54 atom stereocenters. The van der Waals surface area contributed by atoms with Crippen LogP contribution in [0.4, 0.5) is 0 Å². The van der Waals surface area contributed by atoms with Gasteiger partial charge in [-0.05, 0) is 0 Å². The van der Waals surface area contributed by atoms with E-state index in [1.165, 1.54) is 0 Å². The van der Waals surface area contributed by atoms with Crippen LogP contribution in [0.1, 0.15) is 12.8 Å². The second-order valence-corrected chi connectivity index (χ2v) is 32.1. The first-order valence-corrected chi connectivity index (χ1v) is 39.7. The molecule has 0 aromatic carbocycles. The first kappa shape index (κ1) is 106. The molecule has 744 valence electrons. The summed E-state index contributed by atoms with van der Waals surface area (Å²) in [5.41, 5.74) is 5.80. The lowest BCUT2D eigenvalue weighted by Crippen LogP contribution is -2.71. The van der Waals surface area contributed by atoms with E-state index in [9.17, 15) is 203 Å². The van der Waals surface area contributed by atoms with E-state index >= 15 is 0 Å². The van der Waals surface area contributed by atoms with Gasteiger partial charge in [-0.25, -0.2) is 14.4 Å². The van der Waals surface area contributed by atoms with Crippen molar-refractivity contribution in [2.24, 2.45) is 5.73 Å². The summed E-state index contributed by atoms with van der Waals surface area (Å²) in [6, 6.07) is -1.30. The number of aliphatic hydroxyl groups excluding tert-OH is 33. The van der Waals surface area contributed by atoms with Crippen LogP contribution in [0.15, 0.2) is 0 Å². The predicted octanol–water partition coefficient (Wildman–Crippen LogP) is -25.6. The molecule has 10 rings (SSSR count). The summed E-state index contributed by atoms with van der Waals surface area (Å²) in [6.45, 7) is -11.6. The van der Waals surface area contributed by atoms with Gasteiger partial charge < -0.3 is 285 Å². The van der Waals surface area contributed by atoms with E-state index in [1.54, 1.807) is 0 Å². The molecule has 0 aromatic rings. The highest BCUT2D eigenvalue weighted by Gasteiger charge is 2.66. The maximum Gasteiger partial charge on any atom is 0.364 e. The second-order valence-electron chi connectivity index (χ2n) is 32.1. The van der Waals surface area contributed by atoms with Crippen LogP contribution in [0.5, 0.6) is 0 Å². The van der Waals surface area contributed by atoms with Gasteiger partial charge in [0.25, 0.3) is 11.6 Å². The lowest BCUT2D eigenvalue weighted by atomic mass is 9.89. The number of hydrogen-bond acceptors (Lipinski definition) is 57. The van der Waals surface area contributed by atoms with Crippen molar-refractivity contribution in [1.82, 2.24) is 0 Å². The Balaban J connectivity index is 1.11. The van der Waals surface area contributed by atoms with Crippen LogP contribution >= 0.6 is 0 Å². The van der Waals surface area contributed by atoms with Gasteiger partial charge in [-0.15, -0.1) is 0 Å². The predicted molar refractivity (Wildman–Crippen MR) is 379 cm³/mol. The summed E-state index contributed by atoms with van der Waals surface area (Å²) in [6.07, 6.45) is -134. The van der Waals surface area contributed by atoms with Gasteiger partial charge in [0.05, 0.1) is 77.7 Å². The van der Waals surface area contributed by atoms with Crippen molar-refractivity contribution < 1.29 is 293 Å². The van der Waals surface area contributed by atoms with Crippen molar-refractivity contribution in [2.75, 3.05) is 59.5 Å². The van der Waals surface area contributed by atoms with Gasteiger partial charge in [-0.2, -0.15) is 0 Å². The number of hydrogen-bond donors (Lipinski definition) is 38. The normalized spacial score (nSPS) is 49.3. The minimum absolute atomic E-state index is 0.591. The van der Waals surface area contributed by atoms with Gasteiger partial charge >= 0.3 is 17.9 Å². The van der Waals surface area contributed by atoms with E-state index < -0.39 is 421 Å². The van der Waals surface area contributed by atoms with Crippen molar-refractivity contribution in [3.05, 3.63) is 0 Å². The average Bonchev–Trinajstić information content (AvgIpc) is 0.745. The third-order valence-electron chi connectivity index (χ3n) is 23.3. The number of carbonyl (C=O) groups is 3. The van der Waals surface area contributed by atoms with Crippen molar-refractivity contribution in [3.8, 4) is 0 Å². The van der Waals surface area contributed by atoms with E-state index in [-0.39, 0.29) is 0 Å². The van der Waals surface area contributed by atoms with Crippen molar-refractivity contribution in [1.29, 1.82) is 0 Å². The zero-order chi connectivity index (χ0) is 95.0. The molecule has 0 bridgehead atoms. The highest BCUT2D eigenvalue weighted by Crippen LogP contribution is 2.45. The average molecular weight is 1890 g/mol. The third-order valence-corrected chi connectivity index (χ3v) is 23.3. The molecule has 128 heavy (non-hydrogen) atoms. The van der Waals surface area contributed by atoms with Gasteiger partial charge in [0, 0.05) is 12.8 Å². The molecule has 10 fully saturated rings. The molecule has 0 unspecified atom stereocenters. The molecule has 60 nitrogen and oxygen atoms in total. The Morgan fingerprint density at radius 3 is 1.25 bits per heavy atom. The molecule has 10 saturated heterocycles. The van der Waals surface area contributed by atoms with E-state index in [2.05, 4.69) is 0 Å². The van der Waals surface area contributed by atoms with Crippen LogP contribution in [-0.4, -0.2) is 597 Å². The molecule has 10 aliphatic rings. The zero-order valence-electron chi connectivity index (χ0n) is 66.4. The molecule has 0 aromatic heterocycles. The molecule has 0 radical (unpaired) electrons. The molecule has 0 spiro atoms. The molecule has 60 heteroatoms. The molecule has 10 heterocycles. The summed E-state index contributed by atoms with van der Waals surface area (Å²) < 4.78 is 110. The van der Waals surface area contributed by atoms with Crippen LogP contribution in [0, 0.1) is 0 Å². The maximum atomic E-state index is 13.7. The fraction of sp³-hybridized carbons (Fsp3) is 0.956. The van der Waals surface area contributed by atoms with Gasteiger partial charge in [-0.1, -0.05) is 0 Å². The van der Waals surface area contributed by atoms with Crippen molar-refractivity contribution in [3.63, 3.8) is 0 Å². The van der Waals surface area contributed by atoms with E-state index in [4.69, 9.17) is 95.7 Å². The largest absolute Gasteiger partial charge is 0.479 e. The number of carboxylic acids is 3. The summed E-state index contributed by atoms with van der Waals surface area (Å²) in [5.74, 6) is -14.5. The fourth-order valence-corrected chi connectivity index (χ4v) is 16.0. The Morgan fingerprint density at radius 2 is 0.727 bits per heavy atom. The Labute approximate surface area is 718 Å². The number of carboxylic acid groups (broad SMARTS) is 3. The monoisotopic (exact) mass is 1890 g/mol. The summed E-state index contributed by atoms with van der Waals surface area (Å²) in [5, 5.41) is 412. The Bertz CT molecular complexity index is 3470. The standard InChI is InChI=1S/C68H113NO59/c69-12-9-110-57(35(96)23(12)84)111-11-20(83)48-49(21(2-67(109,127-48)65(105)106)126-68(66(107)108)1-13(76)24(85)46(128-68)17(80)6-73)119-62-41(102)51(55(47(118-62)18(81)7-74)125-59-37(98)26(87)25(86)22(8-75)113-59)121-61-40(101)50(39(100)45(116-61)19(82)10-112-58-36(97)27(88)29(90)42(114-58)14(77)3-70)120-64-54(34(95)32(93)52(122-64)56(103)104)124-63-53(33(94)31(92)44(117-63)16(79)5-72)123-60-38(99)28(89)30(91)43(115-60)15(78)4-71/h12-55,57-64,70-102,109H,1-11,69H2,(H,103,104)(H,105,106)(H,107,108)/t12-,13+,14-,15-,16+,17+,18-,19-,20+,21+,22+,23-,24+,25+,26-,27+,28-,29-,30-,31-,32+,33-,34-,35+,36-,37+,38-,39+,40-,41-,42+,43+,44+,45+,46+,47+,48+,49+,50-,51+,52-,53-,54+,55+,57+,58-,59-,60+,61+,62+,63+,64-,67+,68+/m0/s1. The molecular weight excluding hydrogens is 1770 g/mol. The van der Waals surface area contributed by atoms with Crippen LogP contribution in [0.3, 0.4) is 0 Å². The zero-order valence-corrected chi connectivity index (χ0v) is 66.4. The van der Waals surface area contributed by atoms with E-state index in [0.29, 0.717) is 0 Å². The maximum absolute atomic E-state index is 13.7. The quantitative estimate of drug-likeness (QED) is 0.0277.